The molecule has 94 valence electrons. The normalized spacial score (nSPS) is 10.4. The molecule has 18 heavy (non-hydrogen) atoms. The Morgan fingerprint density at radius 3 is 2.78 bits per heavy atom. The molecule has 0 fully saturated rings. The van der Waals surface area contributed by atoms with Gasteiger partial charge in [-0.15, -0.1) is 11.8 Å². The second-order valence-corrected chi connectivity index (χ2v) is 5.62. The zero-order valence-corrected chi connectivity index (χ0v) is 12.3. The largest absolute Gasteiger partial charge is 0.381 e. The first-order chi connectivity index (χ1) is 8.69. The van der Waals surface area contributed by atoms with Crippen LogP contribution >= 0.6 is 27.7 Å². The minimum absolute atomic E-state index is 0.196. The van der Waals surface area contributed by atoms with E-state index < -0.39 is 0 Å². The van der Waals surface area contributed by atoms with E-state index in [1.165, 1.54) is 11.0 Å². The molecule has 0 bridgehead atoms. The highest BCUT2D eigenvalue weighted by molar-refractivity contribution is 9.10. The van der Waals surface area contributed by atoms with Crippen LogP contribution in [0, 0.1) is 5.82 Å². The van der Waals surface area contributed by atoms with Crippen LogP contribution in [0.1, 0.15) is 5.56 Å². The summed E-state index contributed by atoms with van der Waals surface area (Å²) in [6, 6.07) is 13.2. The molecule has 0 aliphatic carbocycles. The topological polar surface area (TPSA) is 12.0 Å². The fraction of sp³-hybridized carbons (Fsp3) is 0.143. The average molecular weight is 326 g/mol. The van der Waals surface area contributed by atoms with Gasteiger partial charge >= 0.3 is 0 Å². The number of thioether (sulfide) groups is 1. The summed E-state index contributed by atoms with van der Waals surface area (Å²) in [6.07, 6.45) is 2.04. The van der Waals surface area contributed by atoms with E-state index in [0.29, 0.717) is 12.1 Å². The summed E-state index contributed by atoms with van der Waals surface area (Å²) in [5.41, 5.74) is 1.66. The van der Waals surface area contributed by atoms with Crippen molar-refractivity contribution in [2.75, 3.05) is 11.6 Å². The smallest absolute Gasteiger partial charge is 0.129 e. The van der Waals surface area contributed by atoms with Gasteiger partial charge in [0.2, 0.25) is 0 Å². The summed E-state index contributed by atoms with van der Waals surface area (Å²) < 4.78 is 14.4. The molecule has 0 amide bonds. The zero-order chi connectivity index (χ0) is 13.0. The van der Waals surface area contributed by atoms with Gasteiger partial charge in [-0.3, -0.25) is 0 Å². The molecule has 2 aromatic rings. The van der Waals surface area contributed by atoms with Gasteiger partial charge in [0.15, 0.2) is 0 Å². The third kappa shape index (κ3) is 3.50. The van der Waals surface area contributed by atoms with Crippen LogP contribution in [0.2, 0.25) is 0 Å². The first-order valence-electron chi connectivity index (χ1n) is 5.51. The van der Waals surface area contributed by atoms with Gasteiger partial charge in [0.1, 0.15) is 5.82 Å². The maximum Gasteiger partial charge on any atom is 0.129 e. The van der Waals surface area contributed by atoms with Crippen molar-refractivity contribution < 1.29 is 4.39 Å². The van der Waals surface area contributed by atoms with E-state index in [4.69, 9.17) is 0 Å². The lowest BCUT2D eigenvalue weighted by Gasteiger charge is -2.08. The van der Waals surface area contributed by atoms with Crippen LogP contribution < -0.4 is 5.32 Å². The summed E-state index contributed by atoms with van der Waals surface area (Å²) in [5, 5.41) is 3.23. The van der Waals surface area contributed by atoms with Gasteiger partial charge in [-0.05, 0) is 36.6 Å². The number of benzene rings is 2. The quantitative estimate of drug-likeness (QED) is 0.800. The van der Waals surface area contributed by atoms with Crippen molar-refractivity contribution in [3.63, 3.8) is 0 Å². The molecule has 0 aliphatic heterocycles. The summed E-state index contributed by atoms with van der Waals surface area (Å²) in [6.45, 7) is 0.483. The standard InChI is InChI=1S/C14H13BrFNS/c1-18-13-4-2-3-12(8-13)17-9-10-5-6-11(15)7-14(10)16/h2-8,17H,9H2,1H3. The Labute approximate surface area is 119 Å². The molecule has 1 nitrogen and oxygen atoms in total. The molecule has 1 N–H and O–H groups in total. The molecule has 0 spiro atoms. The van der Waals surface area contributed by atoms with Gasteiger partial charge in [0, 0.05) is 27.2 Å². The Morgan fingerprint density at radius 1 is 1.22 bits per heavy atom. The van der Waals surface area contributed by atoms with Crippen molar-refractivity contribution in [3.05, 3.63) is 58.3 Å². The Kier molecular flexibility index (Phi) is 4.66. The van der Waals surface area contributed by atoms with Gasteiger partial charge in [-0.1, -0.05) is 28.1 Å². The third-order valence-electron chi connectivity index (χ3n) is 2.57. The fourth-order valence-electron chi connectivity index (χ4n) is 1.60. The van der Waals surface area contributed by atoms with E-state index in [2.05, 4.69) is 33.4 Å². The Balaban J connectivity index is 2.06. The third-order valence-corrected chi connectivity index (χ3v) is 3.79. The number of rotatable bonds is 4. The molecule has 0 radical (unpaired) electrons. The fourth-order valence-corrected chi connectivity index (χ4v) is 2.39. The lowest BCUT2D eigenvalue weighted by molar-refractivity contribution is 0.612. The molecule has 2 rings (SSSR count). The van der Waals surface area contributed by atoms with Crippen molar-refractivity contribution in [1.82, 2.24) is 0 Å². The first kappa shape index (κ1) is 13.4. The van der Waals surface area contributed by atoms with Crippen molar-refractivity contribution in [2.24, 2.45) is 0 Å². The van der Waals surface area contributed by atoms with Crippen molar-refractivity contribution in [2.45, 2.75) is 11.4 Å². The Bertz CT molecular complexity index is 545. The van der Waals surface area contributed by atoms with E-state index >= 15 is 0 Å². The van der Waals surface area contributed by atoms with E-state index in [-0.39, 0.29) is 5.82 Å². The summed E-state index contributed by atoms with van der Waals surface area (Å²) in [4.78, 5) is 1.19. The lowest BCUT2D eigenvalue weighted by Crippen LogP contribution is -2.01. The zero-order valence-electron chi connectivity index (χ0n) is 9.91. The predicted molar refractivity (Wildman–Crippen MR) is 79.6 cm³/mol. The van der Waals surface area contributed by atoms with Crippen LogP contribution in [0.3, 0.4) is 0 Å². The predicted octanol–water partition coefficient (Wildman–Crippen LogP) is 4.92. The highest BCUT2D eigenvalue weighted by Crippen LogP contribution is 2.20. The molecule has 0 heterocycles. The molecule has 0 saturated carbocycles. The average Bonchev–Trinajstić information content (AvgIpc) is 2.38. The van der Waals surface area contributed by atoms with E-state index in [1.807, 2.05) is 24.5 Å². The summed E-state index contributed by atoms with van der Waals surface area (Å²) in [5.74, 6) is -0.196. The van der Waals surface area contributed by atoms with Crippen molar-refractivity contribution >= 4 is 33.4 Å². The van der Waals surface area contributed by atoms with Crippen LogP contribution in [0.15, 0.2) is 51.8 Å². The monoisotopic (exact) mass is 325 g/mol. The number of hydrogen-bond acceptors (Lipinski definition) is 2. The maximum absolute atomic E-state index is 13.6. The van der Waals surface area contributed by atoms with Crippen molar-refractivity contribution in [3.8, 4) is 0 Å². The number of halogens is 2. The number of anilines is 1. The molecule has 2 aromatic carbocycles. The van der Waals surface area contributed by atoms with E-state index in [0.717, 1.165) is 10.2 Å². The van der Waals surface area contributed by atoms with Gasteiger partial charge in [-0.2, -0.15) is 0 Å². The highest BCUT2D eigenvalue weighted by Gasteiger charge is 2.02. The SMILES string of the molecule is CSc1cccc(NCc2ccc(Br)cc2F)c1. The first-order valence-corrected chi connectivity index (χ1v) is 7.52. The molecule has 0 saturated heterocycles. The summed E-state index contributed by atoms with van der Waals surface area (Å²) >= 11 is 4.94. The number of hydrogen-bond donors (Lipinski definition) is 1. The van der Waals surface area contributed by atoms with Gasteiger partial charge in [0.25, 0.3) is 0 Å². The van der Waals surface area contributed by atoms with E-state index in [1.54, 1.807) is 17.8 Å². The summed E-state index contributed by atoms with van der Waals surface area (Å²) in [7, 11) is 0. The minimum atomic E-state index is -0.196. The molecule has 0 aliphatic rings. The highest BCUT2D eigenvalue weighted by atomic mass is 79.9. The van der Waals surface area contributed by atoms with Gasteiger partial charge in [-0.25, -0.2) is 4.39 Å². The Morgan fingerprint density at radius 2 is 2.06 bits per heavy atom. The van der Waals surface area contributed by atoms with Gasteiger partial charge in [0.05, 0.1) is 0 Å². The van der Waals surface area contributed by atoms with Gasteiger partial charge < -0.3 is 5.32 Å². The molecule has 0 aromatic heterocycles. The Hall–Kier alpha value is -1.00. The van der Waals surface area contributed by atoms with Crippen LogP contribution in [0.4, 0.5) is 10.1 Å². The van der Waals surface area contributed by atoms with Crippen LogP contribution in [-0.4, -0.2) is 6.26 Å². The molecule has 0 atom stereocenters. The second-order valence-electron chi connectivity index (χ2n) is 3.82. The molecular formula is C14H13BrFNS. The maximum atomic E-state index is 13.6. The second kappa shape index (κ2) is 6.25. The van der Waals surface area contributed by atoms with E-state index in [9.17, 15) is 4.39 Å². The lowest BCUT2D eigenvalue weighted by atomic mass is 10.2. The van der Waals surface area contributed by atoms with Crippen molar-refractivity contribution in [1.29, 1.82) is 0 Å². The number of nitrogens with one attached hydrogen (secondary N) is 1. The molecule has 4 heteroatoms. The van der Waals surface area contributed by atoms with Crippen LogP contribution in [0.25, 0.3) is 0 Å². The van der Waals surface area contributed by atoms with Crippen LogP contribution in [0.5, 0.6) is 0 Å². The molecular weight excluding hydrogens is 313 g/mol. The molecule has 0 unspecified atom stereocenters. The minimum Gasteiger partial charge on any atom is -0.381 e. The van der Waals surface area contributed by atoms with Crippen LogP contribution in [-0.2, 0) is 6.54 Å².